The third-order valence-electron chi connectivity index (χ3n) is 6.20. The van der Waals surface area contributed by atoms with E-state index >= 15 is 0 Å². The highest BCUT2D eigenvalue weighted by Gasteiger charge is 2.52. The van der Waals surface area contributed by atoms with Gasteiger partial charge in [0, 0.05) is 31.6 Å². The zero-order valence-electron chi connectivity index (χ0n) is 16.1. The van der Waals surface area contributed by atoms with Crippen molar-refractivity contribution in [1.82, 2.24) is 4.90 Å². The normalized spacial score (nSPS) is 30.4. The van der Waals surface area contributed by atoms with Crippen molar-refractivity contribution in [3.05, 3.63) is 29.3 Å². The molecule has 27 heavy (non-hydrogen) atoms. The molecule has 0 unspecified atom stereocenters. The molecule has 2 N–H and O–H groups in total. The van der Waals surface area contributed by atoms with Gasteiger partial charge in [-0.3, -0.25) is 4.90 Å². The Morgan fingerprint density at radius 1 is 1.26 bits per heavy atom. The number of benzene rings is 1. The zero-order valence-corrected chi connectivity index (χ0v) is 16.1. The number of fused-ring (bicyclic) bond motifs is 1. The van der Waals surface area contributed by atoms with Crippen LogP contribution in [0.3, 0.4) is 0 Å². The van der Waals surface area contributed by atoms with Gasteiger partial charge < -0.3 is 24.4 Å². The summed E-state index contributed by atoms with van der Waals surface area (Å²) < 4.78 is 17.2. The number of hydrogen-bond acceptors (Lipinski definition) is 6. The van der Waals surface area contributed by atoms with Crippen molar-refractivity contribution in [2.75, 3.05) is 40.0 Å². The van der Waals surface area contributed by atoms with Crippen molar-refractivity contribution in [2.45, 2.75) is 43.5 Å². The van der Waals surface area contributed by atoms with Gasteiger partial charge in [-0.05, 0) is 49.6 Å². The van der Waals surface area contributed by atoms with Crippen LogP contribution in [0.2, 0.25) is 0 Å². The van der Waals surface area contributed by atoms with Gasteiger partial charge in [-0.2, -0.15) is 0 Å². The second kappa shape index (κ2) is 7.09. The molecule has 0 aromatic heterocycles. The summed E-state index contributed by atoms with van der Waals surface area (Å²) in [4.78, 5) is 2.37. The molecule has 3 aliphatic heterocycles. The van der Waals surface area contributed by atoms with Crippen LogP contribution in [0.15, 0.2) is 23.8 Å². The van der Waals surface area contributed by atoms with Gasteiger partial charge in [0.1, 0.15) is 24.2 Å². The lowest BCUT2D eigenvalue weighted by atomic mass is 9.75. The van der Waals surface area contributed by atoms with Crippen molar-refractivity contribution in [3.63, 3.8) is 0 Å². The van der Waals surface area contributed by atoms with Crippen LogP contribution in [0.5, 0.6) is 11.5 Å². The fourth-order valence-electron chi connectivity index (χ4n) is 4.46. The molecular formula is C21H29NO5. The maximum absolute atomic E-state index is 10.6. The van der Waals surface area contributed by atoms with Crippen molar-refractivity contribution in [1.29, 1.82) is 0 Å². The number of methoxy groups -OCH3 is 1. The van der Waals surface area contributed by atoms with Gasteiger partial charge in [0.05, 0.1) is 24.9 Å². The Bertz CT molecular complexity index is 721. The molecular weight excluding hydrogens is 346 g/mol. The molecule has 0 radical (unpaired) electrons. The monoisotopic (exact) mass is 375 g/mol. The fraction of sp³-hybridized carbons (Fsp3) is 0.619. The van der Waals surface area contributed by atoms with Gasteiger partial charge in [-0.15, -0.1) is 0 Å². The first kappa shape index (κ1) is 18.7. The molecule has 3 aliphatic rings. The van der Waals surface area contributed by atoms with Crippen LogP contribution < -0.4 is 9.47 Å². The Morgan fingerprint density at radius 2 is 2.04 bits per heavy atom. The first-order chi connectivity index (χ1) is 12.9. The van der Waals surface area contributed by atoms with E-state index < -0.39 is 17.3 Å². The lowest BCUT2D eigenvalue weighted by Gasteiger charge is -2.51. The summed E-state index contributed by atoms with van der Waals surface area (Å²) >= 11 is 0. The predicted octanol–water partition coefficient (Wildman–Crippen LogP) is 1.84. The van der Waals surface area contributed by atoms with Crippen molar-refractivity contribution in [2.24, 2.45) is 0 Å². The lowest BCUT2D eigenvalue weighted by Crippen LogP contribution is -2.64. The number of aliphatic hydroxyl groups excluding tert-OH is 1. The Morgan fingerprint density at radius 3 is 2.78 bits per heavy atom. The molecule has 4 rings (SSSR count). The van der Waals surface area contributed by atoms with E-state index in [4.69, 9.17) is 14.2 Å². The topological polar surface area (TPSA) is 71.4 Å². The van der Waals surface area contributed by atoms with E-state index in [2.05, 4.69) is 11.0 Å². The van der Waals surface area contributed by atoms with Crippen molar-refractivity contribution >= 4 is 6.08 Å². The molecule has 2 atom stereocenters. The Hall–Kier alpha value is -1.60. The smallest absolute Gasteiger partial charge is 0.127 e. The highest BCUT2D eigenvalue weighted by molar-refractivity contribution is 5.64. The number of likely N-dealkylation sites (tertiary alicyclic amines) is 1. The van der Waals surface area contributed by atoms with Gasteiger partial charge >= 0.3 is 0 Å². The van der Waals surface area contributed by atoms with Crippen molar-refractivity contribution < 1.29 is 24.4 Å². The van der Waals surface area contributed by atoms with Gasteiger partial charge in [-0.1, -0.05) is 0 Å². The molecule has 0 aliphatic carbocycles. The second-order valence-electron chi connectivity index (χ2n) is 8.19. The minimum atomic E-state index is -1.07. The molecule has 0 amide bonds. The molecule has 2 saturated heterocycles. The van der Waals surface area contributed by atoms with Crippen LogP contribution in [0.25, 0.3) is 6.08 Å². The van der Waals surface area contributed by atoms with Gasteiger partial charge in [-0.25, -0.2) is 0 Å². The highest BCUT2D eigenvalue weighted by Crippen LogP contribution is 2.40. The van der Waals surface area contributed by atoms with Gasteiger partial charge in [0.15, 0.2) is 0 Å². The molecule has 148 valence electrons. The Labute approximate surface area is 160 Å². The number of rotatable bonds is 3. The Kier molecular flexibility index (Phi) is 4.93. The quantitative estimate of drug-likeness (QED) is 0.840. The molecule has 1 aromatic carbocycles. The van der Waals surface area contributed by atoms with Crippen molar-refractivity contribution in [3.8, 4) is 11.5 Å². The molecule has 0 bridgehead atoms. The molecule has 0 saturated carbocycles. The SMILES string of the molecule is COc1ccc2c(c1)C=C(CN1CCC3(CC1)OCC[C@@](C)(O)[C@@H]3O)CO2. The number of hydrogen-bond donors (Lipinski definition) is 2. The predicted molar refractivity (Wildman–Crippen MR) is 102 cm³/mol. The number of nitrogens with zero attached hydrogens (tertiary/aromatic N) is 1. The molecule has 3 heterocycles. The summed E-state index contributed by atoms with van der Waals surface area (Å²) in [6.45, 7) is 5.30. The van der Waals surface area contributed by atoms with E-state index in [0.717, 1.165) is 49.5 Å². The lowest BCUT2D eigenvalue weighted by molar-refractivity contribution is -0.245. The van der Waals surface area contributed by atoms with Crippen LogP contribution >= 0.6 is 0 Å². The summed E-state index contributed by atoms with van der Waals surface area (Å²) in [6.07, 6.45) is 3.28. The number of ether oxygens (including phenoxy) is 3. The Balaban J connectivity index is 1.40. The highest BCUT2D eigenvalue weighted by atomic mass is 16.5. The summed E-state index contributed by atoms with van der Waals surface area (Å²) in [7, 11) is 1.67. The average molecular weight is 375 g/mol. The van der Waals surface area contributed by atoms with Crippen LogP contribution in [-0.2, 0) is 4.74 Å². The molecule has 6 heteroatoms. The minimum Gasteiger partial charge on any atom is -0.497 e. The largest absolute Gasteiger partial charge is 0.497 e. The maximum atomic E-state index is 10.6. The summed E-state index contributed by atoms with van der Waals surface area (Å²) in [5.41, 5.74) is 0.591. The van der Waals surface area contributed by atoms with Crippen LogP contribution in [0, 0.1) is 0 Å². The van der Waals surface area contributed by atoms with Crippen LogP contribution in [0.1, 0.15) is 31.7 Å². The second-order valence-corrected chi connectivity index (χ2v) is 8.19. The number of piperidine rings is 1. The van der Waals surface area contributed by atoms with E-state index in [-0.39, 0.29) is 0 Å². The third-order valence-corrected chi connectivity index (χ3v) is 6.20. The molecule has 1 spiro atoms. The first-order valence-electron chi connectivity index (χ1n) is 9.69. The molecule has 6 nitrogen and oxygen atoms in total. The molecule has 1 aromatic rings. The third kappa shape index (κ3) is 3.59. The first-order valence-corrected chi connectivity index (χ1v) is 9.69. The minimum absolute atomic E-state index is 0.479. The zero-order chi connectivity index (χ0) is 19.1. The summed E-state index contributed by atoms with van der Waals surface area (Å²) in [5.74, 6) is 1.71. The summed E-state index contributed by atoms with van der Waals surface area (Å²) in [6, 6.07) is 5.85. The van der Waals surface area contributed by atoms with Crippen LogP contribution in [0.4, 0.5) is 0 Å². The number of aliphatic hydroxyl groups is 2. The maximum Gasteiger partial charge on any atom is 0.127 e. The fourth-order valence-corrected chi connectivity index (χ4v) is 4.46. The van der Waals surface area contributed by atoms with Gasteiger partial charge in [0.25, 0.3) is 0 Å². The van der Waals surface area contributed by atoms with E-state index in [9.17, 15) is 10.2 Å². The van der Waals surface area contributed by atoms with E-state index in [0.29, 0.717) is 19.6 Å². The van der Waals surface area contributed by atoms with E-state index in [1.54, 1.807) is 14.0 Å². The average Bonchev–Trinajstić information content (AvgIpc) is 2.67. The molecule has 2 fully saturated rings. The summed E-state index contributed by atoms with van der Waals surface area (Å²) in [5, 5.41) is 21.1. The van der Waals surface area contributed by atoms with Gasteiger partial charge in [0.2, 0.25) is 0 Å². The van der Waals surface area contributed by atoms with E-state index in [1.807, 2.05) is 18.2 Å². The standard InChI is InChI=1S/C21H29NO5/c1-20(24)7-10-27-21(19(20)23)5-8-22(9-6-21)13-15-11-16-12-17(25-2)3-4-18(16)26-14-15/h3-4,11-12,19,23-24H,5-10,13-14H2,1-2H3/t19-,20+/m0/s1. The van der Waals surface area contributed by atoms with Crippen LogP contribution in [-0.4, -0.2) is 72.4 Å². The van der Waals surface area contributed by atoms with E-state index in [1.165, 1.54) is 5.57 Å².